The maximum Gasteiger partial charge on any atom is 0.460 e. The Balaban J connectivity index is 3.11. The molecule has 0 N–H and O–H groups in total. The average molecular weight is 370 g/mol. The molecule has 1 unspecified atom stereocenters. The molecule has 1 nitrogen and oxygen atoms in total. The van der Waals surface area contributed by atoms with Crippen LogP contribution in [0.1, 0.15) is 0 Å². The molecular formula is C12H7F9OS. The summed E-state index contributed by atoms with van der Waals surface area (Å²) in [6.45, 7) is 0. The van der Waals surface area contributed by atoms with E-state index in [0.29, 0.717) is 0 Å². The fraction of sp³-hybridized carbons (Fsp3) is 0.333. The SMILES string of the molecule is O=S(/C=C/C(F)(F)C(F)(F)C(F)(F)C(F)(F)F)c1ccccc1. The highest BCUT2D eigenvalue weighted by atomic mass is 32.2. The summed E-state index contributed by atoms with van der Waals surface area (Å²) < 4.78 is 125. The van der Waals surface area contributed by atoms with Gasteiger partial charge in [0.15, 0.2) is 0 Å². The third-order valence-electron chi connectivity index (χ3n) is 2.55. The Kier molecular flexibility index (Phi) is 5.24. The Bertz CT molecular complexity index is 592. The molecule has 0 spiro atoms. The molecule has 1 aromatic rings. The lowest BCUT2D eigenvalue weighted by molar-refractivity contribution is -0.388. The molecule has 0 saturated carbocycles. The van der Waals surface area contributed by atoms with Gasteiger partial charge in [-0.25, -0.2) is 4.21 Å². The smallest absolute Gasteiger partial charge is 0.250 e. The molecule has 23 heavy (non-hydrogen) atoms. The van der Waals surface area contributed by atoms with Gasteiger partial charge >= 0.3 is 23.9 Å². The number of halogens is 9. The Morgan fingerprint density at radius 3 is 1.70 bits per heavy atom. The fourth-order valence-electron chi connectivity index (χ4n) is 1.27. The Hall–Kier alpha value is -1.52. The predicted molar refractivity (Wildman–Crippen MR) is 62.9 cm³/mol. The van der Waals surface area contributed by atoms with Gasteiger partial charge < -0.3 is 0 Å². The van der Waals surface area contributed by atoms with Crippen LogP contribution in [0.25, 0.3) is 0 Å². The molecule has 0 aliphatic heterocycles. The van der Waals surface area contributed by atoms with Crippen LogP contribution in [-0.4, -0.2) is 28.2 Å². The van der Waals surface area contributed by atoms with Crippen LogP contribution in [-0.2, 0) is 10.8 Å². The second-order valence-electron chi connectivity index (χ2n) is 4.18. The zero-order chi connectivity index (χ0) is 18.1. The topological polar surface area (TPSA) is 17.1 Å². The van der Waals surface area contributed by atoms with E-state index in [4.69, 9.17) is 0 Å². The number of benzene rings is 1. The minimum atomic E-state index is -6.97. The van der Waals surface area contributed by atoms with Crippen molar-refractivity contribution >= 4 is 10.8 Å². The van der Waals surface area contributed by atoms with Gasteiger partial charge in [-0.1, -0.05) is 18.2 Å². The van der Waals surface area contributed by atoms with Gasteiger partial charge in [-0.15, -0.1) is 0 Å². The molecule has 0 saturated heterocycles. The van der Waals surface area contributed by atoms with Gasteiger partial charge in [-0.3, -0.25) is 0 Å². The van der Waals surface area contributed by atoms with E-state index in [1.165, 1.54) is 18.2 Å². The van der Waals surface area contributed by atoms with Gasteiger partial charge in [0.2, 0.25) is 0 Å². The van der Waals surface area contributed by atoms with Crippen LogP contribution in [0.3, 0.4) is 0 Å². The summed E-state index contributed by atoms with van der Waals surface area (Å²) in [5.41, 5.74) is 0. The van der Waals surface area contributed by atoms with Crippen LogP contribution < -0.4 is 0 Å². The van der Waals surface area contributed by atoms with Gasteiger partial charge in [-0.05, 0) is 12.1 Å². The maximum absolute atomic E-state index is 13.2. The molecule has 0 heterocycles. The third-order valence-corrected chi connectivity index (χ3v) is 3.67. The number of allylic oxidation sites excluding steroid dienone is 1. The highest BCUT2D eigenvalue weighted by Gasteiger charge is 2.81. The minimum Gasteiger partial charge on any atom is -0.250 e. The highest BCUT2D eigenvalue weighted by molar-refractivity contribution is 7.88. The first-order chi connectivity index (χ1) is 10.2. The molecule has 0 aromatic heterocycles. The molecule has 1 rings (SSSR count). The molecule has 0 radical (unpaired) electrons. The Morgan fingerprint density at radius 2 is 1.26 bits per heavy atom. The first kappa shape index (κ1) is 19.5. The lowest BCUT2D eigenvalue weighted by atomic mass is 10.0. The first-order valence-electron chi connectivity index (χ1n) is 5.59. The number of rotatable bonds is 5. The molecule has 130 valence electrons. The van der Waals surface area contributed by atoms with E-state index >= 15 is 0 Å². The highest BCUT2D eigenvalue weighted by Crippen LogP contribution is 2.53. The van der Waals surface area contributed by atoms with Crippen LogP contribution in [0.2, 0.25) is 0 Å². The standard InChI is InChI=1S/C12H7F9OS/c13-9(14,10(15,16)11(17,18)12(19,20)21)6-7-23(22)8-4-2-1-3-5-8/h1-7H/b7-6+. The molecule has 0 aliphatic carbocycles. The summed E-state index contributed by atoms with van der Waals surface area (Å²) in [7, 11) is -2.43. The average Bonchev–Trinajstić information content (AvgIpc) is 2.44. The maximum atomic E-state index is 13.2. The molecule has 0 fully saturated rings. The quantitative estimate of drug-likeness (QED) is 0.682. The van der Waals surface area contributed by atoms with Crippen molar-refractivity contribution in [3.63, 3.8) is 0 Å². The summed E-state index contributed by atoms with van der Waals surface area (Å²) in [5.74, 6) is -19.6. The zero-order valence-electron chi connectivity index (χ0n) is 10.8. The van der Waals surface area contributed by atoms with Crippen molar-refractivity contribution in [2.24, 2.45) is 0 Å². The van der Waals surface area contributed by atoms with Gasteiger partial charge in [0.25, 0.3) is 0 Å². The van der Waals surface area contributed by atoms with Gasteiger partial charge in [0, 0.05) is 16.4 Å². The van der Waals surface area contributed by atoms with Crippen molar-refractivity contribution in [3.8, 4) is 0 Å². The summed E-state index contributed by atoms with van der Waals surface area (Å²) in [6.07, 6.45) is -7.80. The largest absolute Gasteiger partial charge is 0.460 e. The molecule has 11 heteroatoms. The van der Waals surface area contributed by atoms with Gasteiger partial charge in [0.05, 0.1) is 10.8 Å². The van der Waals surface area contributed by atoms with Crippen molar-refractivity contribution in [1.29, 1.82) is 0 Å². The molecule has 0 aliphatic rings. The van der Waals surface area contributed by atoms with Crippen LogP contribution in [0.4, 0.5) is 39.5 Å². The van der Waals surface area contributed by atoms with E-state index < -0.39 is 40.8 Å². The summed E-state index contributed by atoms with van der Waals surface area (Å²) in [6, 6.07) is 6.41. The second kappa shape index (κ2) is 6.17. The van der Waals surface area contributed by atoms with E-state index in [-0.39, 0.29) is 10.3 Å². The monoisotopic (exact) mass is 370 g/mol. The summed E-state index contributed by atoms with van der Waals surface area (Å²) in [4.78, 5) is -0.134. The van der Waals surface area contributed by atoms with Crippen molar-refractivity contribution in [2.75, 3.05) is 0 Å². The van der Waals surface area contributed by atoms with Crippen molar-refractivity contribution in [3.05, 3.63) is 41.8 Å². The lowest BCUT2D eigenvalue weighted by Gasteiger charge is -2.32. The van der Waals surface area contributed by atoms with E-state index in [0.717, 1.165) is 12.1 Å². The molecular weight excluding hydrogens is 363 g/mol. The zero-order valence-corrected chi connectivity index (χ0v) is 11.6. The molecule has 0 amide bonds. The van der Waals surface area contributed by atoms with Crippen LogP contribution >= 0.6 is 0 Å². The van der Waals surface area contributed by atoms with Crippen molar-refractivity contribution in [1.82, 2.24) is 0 Å². The van der Waals surface area contributed by atoms with Crippen LogP contribution in [0.5, 0.6) is 0 Å². The number of alkyl halides is 9. The summed E-state index contributed by atoms with van der Waals surface area (Å²) in [5, 5.41) is -0.0737. The third kappa shape index (κ3) is 3.70. The normalized spacial score (nSPS) is 15.9. The van der Waals surface area contributed by atoms with Crippen molar-refractivity contribution < 1.29 is 43.7 Å². The lowest BCUT2D eigenvalue weighted by Crippen LogP contribution is -2.60. The van der Waals surface area contributed by atoms with Crippen molar-refractivity contribution in [2.45, 2.75) is 28.8 Å². The minimum absolute atomic E-state index is 0.0737. The van der Waals surface area contributed by atoms with Crippen LogP contribution in [0.15, 0.2) is 46.7 Å². The van der Waals surface area contributed by atoms with Gasteiger partial charge in [-0.2, -0.15) is 39.5 Å². The Labute approximate surface area is 126 Å². The van der Waals surface area contributed by atoms with E-state index in [2.05, 4.69) is 0 Å². The first-order valence-corrected chi connectivity index (χ1v) is 6.80. The summed E-state index contributed by atoms with van der Waals surface area (Å²) >= 11 is 0. The molecule has 1 atom stereocenters. The van der Waals surface area contributed by atoms with E-state index in [9.17, 15) is 43.7 Å². The van der Waals surface area contributed by atoms with Gasteiger partial charge in [0.1, 0.15) is 0 Å². The predicted octanol–water partition coefficient (Wildman–Crippen LogP) is 4.78. The van der Waals surface area contributed by atoms with E-state index in [1.54, 1.807) is 0 Å². The second-order valence-corrected chi connectivity index (χ2v) is 5.52. The molecule has 0 bridgehead atoms. The van der Waals surface area contributed by atoms with E-state index in [1.807, 2.05) is 0 Å². The van der Waals surface area contributed by atoms with Crippen LogP contribution in [0, 0.1) is 0 Å². The molecule has 1 aromatic carbocycles. The number of hydrogen-bond donors (Lipinski definition) is 0. The number of hydrogen-bond acceptors (Lipinski definition) is 1. The fourth-order valence-corrected chi connectivity index (χ4v) is 2.15. The Morgan fingerprint density at radius 1 is 0.783 bits per heavy atom.